The Morgan fingerprint density at radius 1 is 1.03 bits per heavy atom. The highest BCUT2D eigenvalue weighted by Crippen LogP contribution is 2.59. The summed E-state index contributed by atoms with van der Waals surface area (Å²) >= 11 is 5.21. The molecule has 4 nitrogen and oxygen atoms in total. The molecule has 2 aromatic carbocycles. The van der Waals surface area contributed by atoms with Crippen molar-refractivity contribution in [2.75, 3.05) is 7.11 Å². The van der Waals surface area contributed by atoms with E-state index >= 15 is 0 Å². The van der Waals surface area contributed by atoms with Gasteiger partial charge >= 0.3 is 5.97 Å². The summed E-state index contributed by atoms with van der Waals surface area (Å²) in [4.78, 5) is 24.7. The molecule has 0 aliphatic heterocycles. The van der Waals surface area contributed by atoms with E-state index in [0.717, 1.165) is 40.6 Å². The number of benzene rings is 2. The zero-order valence-corrected chi connectivity index (χ0v) is 20.9. The van der Waals surface area contributed by atoms with Crippen LogP contribution in [0.15, 0.2) is 63.8 Å². The van der Waals surface area contributed by atoms with E-state index in [2.05, 4.69) is 57.6 Å². The Morgan fingerprint density at radius 3 is 2.36 bits per heavy atom. The van der Waals surface area contributed by atoms with Gasteiger partial charge in [-0.3, -0.25) is 9.59 Å². The quantitative estimate of drug-likeness (QED) is 0.389. The molecule has 1 amide bonds. The molecule has 0 saturated heterocycles. The number of thiophene rings is 1. The topological polar surface area (TPSA) is 55.4 Å². The van der Waals surface area contributed by atoms with Gasteiger partial charge < -0.3 is 10.1 Å². The zero-order chi connectivity index (χ0) is 23.0. The van der Waals surface area contributed by atoms with Gasteiger partial charge in [0.1, 0.15) is 0 Å². The molecule has 2 aliphatic rings. The third kappa shape index (κ3) is 4.51. The van der Waals surface area contributed by atoms with Gasteiger partial charge in [0.05, 0.1) is 22.4 Å². The van der Waals surface area contributed by atoms with E-state index in [1.807, 2.05) is 23.6 Å². The van der Waals surface area contributed by atoms with Crippen molar-refractivity contribution >= 4 is 39.1 Å². The minimum Gasteiger partial charge on any atom is -0.469 e. The highest BCUT2D eigenvalue weighted by atomic mass is 79.9. The second-order valence-corrected chi connectivity index (χ2v) is 11.5. The van der Waals surface area contributed by atoms with E-state index in [1.165, 1.54) is 23.8 Å². The molecular formula is C27H26BrNO3S. The standard InChI is InChI=1S/C27H26BrNO3S/c1-32-26(31)20-12-27(13-20)14-21(15-27)29-25(30)23-16-33-24(28)22(23)11-17-7-9-19(10-8-17)18-5-3-2-4-6-18/h2-10,16,20-21H,11-15H2,1H3,(H,29,30). The molecule has 1 spiro atoms. The maximum atomic E-state index is 13.0. The molecule has 1 N–H and O–H groups in total. The smallest absolute Gasteiger partial charge is 0.308 e. The van der Waals surface area contributed by atoms with E-state index < -0.39 is 0 Å². The van der Waals surface area contributed by atoms with Gasteiger partial charge in [-0.2, -0.15) is 0 Å². The Kier molecular flexibility index (Phi) is 6.14. The predicted molar refractivity (Wildman–Crippen MR) is 134 cm³/mol. The fourth-order valence-corrected chi connectivity index (χ4v) is 6.80. The average molecular weight is 524 g/mol. The van der Waals surface area contributed by atoms with Crippen LogP contribution in [-0.2, 0) is 16.0 Å². The van der Waals surface area contributed by atoms with Crippen molar-refractivity contribution in [3.8, 4) is 11.1 Å². The van der Waals surface area contributed by atoms with Crippen LogP contribution in [-0.4, -0.2) is 25.0 Å². The van der Waals surface area contributed by atoms with Crippen LogP contribution in [0.2, 0.25) is 0 Å². The molecule has 0 radical (unpaired) electrons. The lowest BCUT2D eigenvalue weighted by molar-refractivity contribution is -0.159. The third-order valence-corrected chi connectivity index (χ3v) is 8.96. The summed E-state index contributed by atoms with van der Waals surface area (Å²) < 4.78 is 5.85. The minimum absolute atomic E-state index is 0.00320. The second-order valence-electron chi connectivity index (χ2n) is 9.35. The molecule has 0 bridgehead atoms. The van der Waals surface area contributed by atoms with Crippen molar-refractivity contribution in [3.05, 3.63) is 80.5 Å². The SMILES string of the molecule is COC(=O)C1CC2(CC(NC(=O)c3csc(Br)c3Cc3ccc(-c4ccccc4)cc3)C2)C1. The molecule has 5 rings (SSSR count). The number of hydrogen-bond acceptors (Lipinski definition) is 4. The second kappa shape index (κ2) is 9.07. The Balaban J connectivity index is 1.20. The van der Waals surface area contributed by atoms with E-state index in [4.69, 9.17) is 4.74 Å². The van der Waals surface area contributed by atoms with Crippen LogP contribution in [0.4, 0.5) is 0 Å². The van der Waals surface area contributed by atoms with Crippen LogP contribution in [0, 0.1) is 11.3 Å². The summed E-state index contributed by atoms with van der Waals surface area (Å²) in [5, 5.41) is 5.16. The van der Waals surface area contributed by atoms with Crippen LogP contribution in [0.3, 0.4) is 0 Å². The molecule has 3 aromatic rings. The van der Waals surface area contributed by atoms with Crippen molar-refractivity contribution in [1.29, 1.82) is 0 Å². The van der Waals surface area contributed by atoms with Crippen molar-refractivity contribution < 1.29 is 14.3 Å². The van der Waals surface area contributed by atoms with E-state index in [0.29, 0.717) is 6.42 Å². The Labute approximate surface area is 206 Å². The molecule has 0 atom stereocenters. The van der Waals surface area contributed by atoms with Gasteiger partial charge in [0.25, 0.3) is 5.91 Å². The first-order chi connectivity index (χ1) is 16.0. The number of carbonyl (C=O) groups is 2. The number of methoxy groups -OCH3 is 1. The largest absolute Gasteiger partial charge is 0.469 e. The number of amides is 1. The lowest BCUT2D eigenvalue weighted by Crippen LogP contribution is -2.57. The maximum Gasteiger partial charge on any atom is 0.308 e. The number of hydrogen-bond donors (Lipinski definition) is 1. The lowest BCUT2D eigenvalue weighted by atomic mass is 9.50. The number of nitrogens with one attached hydrogen (secondary N) is 1. The molecule has 2 fully saturated rings. The molecule has 33 heavy (non-hydrogen) atoms. The third-order valence-electron chi connectivity index (χ3n) is 7.12. The fraction of sp³-hybridized carbons (Fsp3) is 0.333. The molecular weight excluding hydrogens is 498 g/mol. The Hall–Kier alpha value is -2.44. The number of halogens is 1. The van der Waals surface area contributed by atoms with Crippen molar-refractivity contribution in [2.24, 2.45) is 11.3 Å². The summed E-state index contributed by atoms with van der Waals surface area (Å²) in [6, 6.07) is 19.1. The van der Waals surface area contributed by atoms with Gasteiger partial charge in [0, 0.05) is 17.8 Å². The van der Waals surface area contributed by atoms with Crippen LogP contribution in [0.25, 0.3) is 11.1 Å². The van der Waals surface area contributed by atoms with Gasteiger partial charge in [-0.05, 0) is 69.3 Å². The first kappa shape index (κ1) is 22.4. The molecule has 2 saturated carbocycles. The van der Waals surface area contributed by atoms with Crippen LogP contribution in [0.5, 0.6) is 0 Å². The molecule has 0 unspecified atom stereocenters. The summed E-state index contributed by atoms with van der Waals surface area (Å²) in [5.74, 6) is -0.0615. The maximum absolute atomic E-state index is 13.0. The normalized spacial score (nSPS) is 23.5. The molecule has 1 aromatic heterocycles. The summed E-state index contributed by atoms with van der Waals surface area (Å²) in [6.07, 6.45) is 4.39. The zero-order valence-electron chi connectivity index (χ0n) is 18.5. The van der Waals surface area contributed by atoms with Crippen LogP contribution >= 0.6 is 27.3 Å². The van der Waals surface area contributed by atoms with Gasteiger partial charge in [-0.1, -0.05) is 54.6 Å². The average Bonchev–Trinajstić information content (AvgIpc) is 3.15. The number of carbonyl (C=O) groups excluding carboxylic acids is 2. The van der Waals surface area contributed by atoms with Gasteiger partial charge in [-0.15, -0.1) is 11.3 Å². The minimum atomic E-state index is -0.0994. The van der Waals surface area contributed by atoms with Crippen molar-refractivity contribution in [1.82, 2.24) is 5.32 Å². The summed E-state index contributed by atoms with van der Waals surface area (Å²) in [6.45, 7) is 0. The monoisotopic (exact) mass is 523 g/mol. The number of esters is 1. The molecule has 2 aliphatic carbocycles. The first-order valence-corrected chi connectivity index (χ1v) is 12.9. The predicted octanol–water partition coefficient (Wildman–Crippen LogP) is 6.23. The first-order valence-electron chi connectivity index (χ1n) is 11.3. The van der Waals surface area contributed by atoms with E-state index in [1.54, 1.807) is 11.3 Å². The fourth-order valence-electron chi connectivity index (χ4n) is 5.37. The van der Waals surface area contributed by atoms with Gasteiger partial charge in [0.15, 0.2) is 0 Å². The van der Waals surface area contributed by atoms with E-state index in [9.17, 15) is 9.59 Å². The summed E-state index contributed by atoms with van der Waals surface area (Å²) in [5.41, 5.74) is 5.58. The van der Waals surface area contributed by atoms with Crippen LogP contribution in [0.1, 0.15) is 47.2 Å². The van der Waals surface area contributed by atoms with Gasteiger partial charge in [-0.25, -0.2) is 0 Å². The number of rotatable bonds is 6. The number of ether oxygens (including phenoxy) is 1. The molecule has 6 heteroatoms. The summed E-state index contributed by atoms with van der Waals surface area (Å²) in [7, 11) is 1.45. The van der Waals surface area contributed by atoms with E-state index in [-0.39, 0.29) is 29.3 Å². The van der Waals surface area contributed by atoms with Crippen molar-refractivity contribution in [2.45, 2.75) is 38.1 Å². The lowest BCUT2D eigenvalue weighted by Gasteiger charge is -2.56. The molecule has 170 valence electrons. The van der Waals surface area contributed by atoms with Gasteiger partial charge in [0.2, 0.25) is 0 Å². The Bertz CT molecular complexity index is 1160. The highest BCUT2D eigenvalue weighted by Gasteiger charge is 2.55. The highest BCUT2D eigenvalue weighted by molar-refractivity contribution is 9.11. The molecule has 1 heterocycles. The van der Waals surface area contributed by atoms with Crippen LogP contribution < -0.4 is 5.32 Å². The Morgan fingerprint density at radius 2 is 1.70 bits per heavy atom. The van der Waals surface area contributed by atoms with Crippen molar-refractivity contribution in [3.63, 3.8) is 0 Å².